The van der Waals surface area contributed by atoms with Gasteiger partial charge in [-0.2, -0.15) is 0 Å². The molecule has 3 aromatic rings. The summed E-state index contributed by atoms with van der Waals surface area (Å²) in [6, 6.07) is 1.87. The molecule has 6 nitrogen and oxygen atoms in total. The summed E-state index contributed by atoms with van der Waals surface area (Å²) in [6.07, 6.45) is 8.31. The van der Waals surface area contributed by atoms with Gasteiger partial charge in [0, 0.05) is 18.6 Å². The Morgan fingerprint density at radius 2 is 2.06 bits per heavy atom. The summed E-state index contributed by atoms with van der Waals surface area (Å²) in [6.45, 7) is 0. The molecule has 3 rings (SSSR count). The van der Waals surface area contributed by atoms with Gasteiger partial charge in [-0.05, 0) is 6.07 Å². The predicted octanol–water partition coefficient (Wildman–Crippen LogP) is 1.49. The van der Waals surface area contributed by atoms with E-state index in [9.17, 15) is 0 Å². The standard InChI is InChI=1S/C10H8N6/c1-2-13-10-7(1)15-9(6-14-10)16-8-5-11-3-4-12-8/h1-6H,(H,13,14)(H,12,15,16). The Hall–Kier alpha value is -2.50. The molecule has 0 amide bonds. The van der Waals surface area contributed by atoms with Gasteiger partial charge in [0.15, 0.2) is 11.5 Å². The zero-order valence-corrected chi connectivity index (χ0v) is 8.25. The highest BCUT2D eigenvalue weighted by molar-refractivity contribution is 5.72. The van der Waals surface area contributed by atoms with E-state index in [1.807, 2.05) is 6.07 Å². The van der Waals surface area contributed by atoms with Crippen molar-refractivity contribution in [2.24, 2.45) is 0 Å². The van der Waals surface area contributed by atoms with Crippen LogP contribution in [0.4, 0.5) is 11.6 Å². The minimum atomic E-state index is 0.645. The summed E-state index contributed by atoms with van der Waals surface area (Å²) in [5.41, 5.74) is 1.58. The first-order valence-corrected chi connectivity index (χ1v) is 4.75. The second-order valence-electron chi connectivity index (χ2n) is 3.18. The van der Waals surface area contributed by atoms with E-state index >= 15 is 0 Å². The summed E-state index contributed by atoms with van der Waals surface area (Å²) in [5.74, 6) is 1.29. The van der Waals surface area contributed by atoms with Crippen molar-refractivity contribution in [3.05, 3.63) is 37.1 Å². The summed E-state index contributed by atoms with van der Waals surface area (Å²) in [5, 5.41) is 3.02. The van der Waals surface area contributed by atoms with Gasteiger partial charge in [-0.3, -0.25) is 4.98 Å². The van der Waals surface area contributed by atoms with E-state index in [0.29, 0.717) is 11.6 Å². The van der Waals surface area contributed by atoms with Crippen LogP contribution in [0.15, 0.2) is 37.1 Å². The number of aromatic amines is 1. The number of fused-ring (bicyclic) bond motifs is 1. The lowest BCUT2D eigenvalue weighted by Crippen LogP contribution is -1.97. The van der Waals surface area contributed by atoms with Gasteiger partial charge < -0.3 is 10.3 Å². The molecule has 0 aliphatic heterocycles. The van der Waals surface area contributed by atoms with Crippen LogP contribution in [-0.4, -0.2) is 24.9 Å². The fourth-order valence-corrected chi connectivity index (χ4v) is 1.39. The first kappa shape index (κ1) is 8.78. The molecule has 3 heterocycles. The highest BCUT2D eigenvalue weighted by Gasteiger charge is 2.00. The molecule has 0 radical (unpaired) electrons. The highest BCUT2D eigenvalue weighted by atomic mass is 15.1. The number of aromatic nitrogens is 5. The average Bonchev–Trinajstić information content (AvgIpc) is 2.77. The Balaban J connectivity index is 1.94. The molecule has 3 aromatic heterocycles. The number of anilines is 2. The van der Waals surface area contributed by atoms with Crippen molar-refractivity contribution in [1.82, 2.24) is 24.9 Å². The van der Waals surface area contributed by atoms with Crippen LogP contribution in [0.25, 0.3) is 11.2 Å². The molecule has 0 atom stereocenters. The molecule has 6 heteroatoms. The van der Waals surface area contributed by atoms with Gasteiger partial charge in [0.25, 0.3) is 0 Å². The Morgan fingerprint density at radius 3 is 2.94 bits per heavy atom. The number of H-pyrrole nitrogens is 1. The Bertz CT molecular complexity index is 603. The zero-order chi connectivity index (χ0) is 10.8. The molecule has 0 fully saturated rings. The quantitative estimate of drug-likeness (QED) is 0.672. The fourth-order valence-electron chi connectivity index (χ4n) is 1.39. The lowest BCUT2D eigenvalue weighted by Gasteiger charge is -2.02. The van der Waals surface area contributed by atoms with Crippen molar-refractivity contribution in [3.63, 3.8) is 0 Å². The molecule has 0 saturated heterocycles. The first-order chi connectivity index (χ1) is 7.92. The van der Waals surface area contributed by atoms with Crippen molar-refractivity contribution in [2.45, 2.75) is 0 Å². The van der Waals surface area contributed by atoms with Gasteiger partial charge in [-0.15, -0.1) is 0 Å². The molecule has 0 aromatic carbocycles. The topological polar surface area (TPSA) is 79.4 Å². The number of hydrogen-bond acceptors (Lipinski definition) is 5. The van der Waals surface area contributed by atoms with Crippen molar-refractivity contribution in [2.75, 3.05) is 5.32 Å². The van der Waals surface area contributed by atoms with E-state index in [-0.39, 0.29) is 0 Å². The van der Waals surface area contributed by atoms with Gasteiger partial charge in [-0.25, -0.2) is 15.0 Å². The second-order valence-corrected chi connectivity index (χ2v) is 3.18. The normalized spacial score (nSPS) is 10.5. The predicted molar refractivity (Wildman–Crippen MR) is 59.2 cm³/mol. The first-order valence-electron chi connectivity index (χ1n) is 4.75. The summed E-state index contributed by atoms with van der Waals surface area (Å²) < 4.78 is 0. The Morgan fingerprint density at radius 1 is 1.06 bits per heavy atom. The van der Waals surface area contributed by atoms with Crippen molar-refractivity contribution in [1.29, 1.82) is 0 Å². The third kappa shape index (κ3) is 1.56. The maximum absolute atomic E-state index is 4.36. The van der Waals surface area contributed by atoms with Gasteiger partial charge in [-0.1, -0.05) is 0 Å². The van der Waals surface area contributed by atoms with Gasteiger partial charge >= 0.3 is 0 Å². The smallest absolute Gasteiger partial charge is 0.156 e. The van der Waals surface area contributed by atoms with Crippen molar-refractivity contribution in [3.8, 4) is 0 Å². The maximum Gasteiger partial charge on any atom is 0.156 e. The Labute approximate surface area is 90.8 Å². The second kappa shape index (κ2) is 3.58. The van der Waals surface area contributed by atoms with E-state index in [1.165, 1.54) is 0 Å². The van der Waals surface area contributed by atoms with Crippen LogP contribution in [0, 0.1) is 0 Å². The molecule has 78 valence electrons. The fraction of sp³-hybridized carbons (Fsp3) is 0. The van der Waals surface area contributed by atoms with Crippen LogP contribution in [0.1, 0.15) is 0 Å². The molecular weight excluding hydrogens is 204 g/mol. The minimum absolute atomic E-state index is 0.645. The average molecular weight is 212 g/mol. The number of nitrogens with one attached hydrogen (secondary N) is 2. The van der Waals surface area contributed by atoms with Crippen LogP contribution >= 0.6 is 0 Å². The van der Waals surface area contributed by atoms with Crippen molar-refractivity contribution < 1.29 is 0 Å². The highest BCUT2D eigenvalue weighted by Crippen LogP contribution is 2.13. The summed E-state index contributed by atoms with van der Waals surface area (Å²) in [7, 11) is 0. The van der Waals surface area contributed by atoms with E-state index in [0.717, 1.165) is 11.2 Å². The van der Waals surface area contributed by atoms with E-state index < -0.39 is 0 Å². The SMILES string of the molecule is c1cnc(Nc2cnc3[nH]ccc3n2)cn1. The van der Waals surface area contributed by atoms with E-state index in [1.54, 1.807) is 31.0 Å². The van der Waals surface area contributed by atoms with E-state index in [4.69, 9.17) is 0 Å². The minimum Gasteiger partial charge on any atom is -0.345 e. The molecule has 0 unspecified atom stereocenters. The summed E-state index contributed by atoms with van der Waals surface area (Å²) in [4.78, 5) is 19.6. The monoisotopic (exact) mass is 212 g/mol. The van der Waals surface area contributed by atoms with Gasteiger partial charge in [0.2, 0.25) is 0 Å². The molecule has 0 saturated carbocycles. The van der Waals surface area contributed by atoms with Crippen molar-refractivity contribution >= 4 is 22.8 Å². The van der Waals surface area contributed by atoms with Gasteiger partial charge in [0.05, 0.1) is 12.4 Å². The molecule has 0 bridgehead atoms. The van der Waals surface area contributed by atoms with E-state index in [2.05, 4.69) is 30.2 Å². The molecular formula is C10H8N6. The molecule has 16 heavy (non-hydrogen) atoms. The molecule has 2 N–H and O–H groups in total. The largest absolute Gasteiger partial charge is 0.345 e. The van der Waals surface area contributed by atoms with Crippen LogP contribution in [0.2, 0.25) is 0 Å². The van der Waals surface area contributed by atoms with Crippen LogP contribution in [-0.2, 0) is 0 Å². The number of nitrogens with zero attached hydrogens (tertiary/aromatic N) is 4. The lowest BCUT2D eigenvalue weighted by molar-refractivity contribution is 1.18. The maximum atomic E-state index is 4.36. The zero-order valence-electron chi connectivity index (χ0n) is 8.25. The third-order valence-corrected chi connectivity index (χ3v) is 2.08. The van der Waals surface area contributed by atoms with Gasteiger partial charge in [0.1, 0.15) is 11.3 Å². The third-order valence-electron chi connectivity index (χ3n) is 2.08. The Kier molecular flexibility index (Phi) is 1.96. The van der Waals surface area contributed by atoms with Crippen LogP contribution in [0.5, 0.6) is 0 Å². The number of rotatable bonds is 2. The molecule has 0 aliphatic rings. The molecule has 0 aliphatic carbocycles. The van der Waals surface area contributed by atoms with Crippen LogP contribution < -0.4 is 5.32 Å². The lowest BCUT2D eigenvalue weighted by atomic mass is 10.5. The summed E-state index contributed by atoms with van der Waals surface area (Å²) >= 11 is 0. The molecule has 0 spiro atoms. The number of hydrogen-bond donors (Lipinski definition) is 2. The van der Waals surface area contributed by atoms with Crippen LogP contribution in [0.3, 0.4) is 0 Å².